The third-order valence-corrected chi connectivity index (χ3v) is 6.60. The second-order valence-corrected chi connectivity index (χ2v) is 9.16. The Morgan fingerprint density at radius 1 is 1.00 bits per heavy atom. The predicted molar refractivity (Wildman–Crippen MR) is 120 cm³/mol. The summed E-state index contributed by atoms with van der Waals surface area (Å²) in [5, 5.41) is 0. The molecule has 0 saturated carbocycles. The van der Waals surface area contributed by atoms with E-state index >= 15 is 0 Å². The number of likely N-dealkylation sites (tertiary alicyclic amines) is 1. The Bertz CT molecular complexity index is 1090. The molecule has 2 aromatic carbocycles. The van der Waals surface area contributed by atoms with Gasteiger partial charge in [-0.25, -0.2) is 13.2 Å². The number of rotatable bonds is 8. The molecule has 1 fully saturated rings. The van der Waals surface area contributed by atoms with Gasteiger partial charge in [-0.2, -0.15) is 0 Å². The first-order valence-electron chi connectivity index (χ1n) is 10.6. The fraction of sp³-hybridized carbons (Fsp3) is 0.348. The molecule has 9 nitrogen and oxygen atoms in total. The molecule has 0 atom stereocenters. The highest BCUT2D eigenvalue weighted by atomic mass is 32.2. The van der Waals surface area contributed by atoms with Crippen molar-refractivity contribution in [2.24, 2.45) is 5.92 Å². The van der Waals surface area contributed by atoms with Crippen molar-refractivity contribution in [1.29, 1.82) is 0 Å². The summed E-state index contributed by atoms with van der Waals surface area (Å²) in [6.45, 7) is 2.40. The number of piperidine rings is 1. The van der Waals surface area contributed by atoms with Gasteiger partial charge in [-0.05, 0) is 50.1 Å². The summed E-state index contributed by atoms with van der Waals surface area (Å²) < 4.78 is 37.5. The molecule has 0 bridgehead atoms. The zero-order chi connectivity index (χ0) is 23.8. The van der Waals surface area contributed by atoms with Crippen LogP contribution in [0, 0.1) is 5.92 Å². The molecule has 1 amide bonds. The third kappa shape index (κ3) is 6.55. The van der Waals surface area contributed by atoms with Crippen LogP contribution < -0.4 is 4.72 Å². The van der Waals surface area contributed by atoms with Crippen LogP contribution in [0.25, 0.3) is 0 Å². The van der Waals surface area contributed by atoms with Crippen LogP contribution in [0.3, 0.4) is 0 Å². The molecule has 1 saturated heterocycles. The third-order valence-electron chi connectivity index (χ3n) is 5.20. The molecule has 1 N–H and O–H groups in total. The number of nitrogens with one attached hydrogen (secondary N) is 1. The van der Waals surface area contributed by atoms with Crippen molar-refractivity contribution in [2.75, 3.05) is 31.0 Å². The van der Waals surface area contributed by atoms with Crippen LogP contribution in [0.1, 0.15) is 30.1 Å². The summed E-state index contributed by atoms with van der Waals surface area (Å²) in [4.78, 5) is 38.2. The molecule has 2 aromatic rings. The van der Waals surface area contributed by atoms with Crippen molar-refractivity contribution in [2.45, 2.75) is 24.7 Å². The highest BCUT2D eigenvalue weighted by molar-refractivity contribution is 7.92. The zero-order valence-electron chi connectivity index (χ0n) is 18.2. The maximum atomic E-state index is 12.5. The van der Waals surface area contributed by atoms with E-state index < -0.39 is 22.6 Å². The highest BCUT2D eigenvalue weighted by Crippen LogP contribution is 2.20. The van der Waals surface area contributed by atoms with Crippen LogP contribution >= 0.6 is 0 Å². The SMILES string of the molecule is CCOC(=O)C1CCN(C(=O)COC(=O)c2cccc(NS(=O)(=O)c3ccccc3)c2)CC1. The van der Waals surface area contributed by atoms with E-state index in [0.29, 0.717) is 32.5 Å². The van der Waals surface area contributed by atoms with E-state index in [1.165, 1.54) is 36.4 Å². The number of ether oxygens (including phenoxy) is 2. The van der Waals surface area contributed by atoms with Gasteiger partial charge in [0.05, 0.1) is 23.0 Å². The van der Waals surface area contributed by atoms with E-state index in [1.807, 2.05) is 0 Å². The standard InChI is InChI=1S/C23H26N2O7S/c1-2-31-22(27)17-11-13-25(14-12-17)21(26)16-32-23(28)18-7-6-8-19(15-18)24-33(29,30)20-9-4-3-5-10-20/h3-10,15,17,24H,2,11-14,16H2,1H3. The second kappa shape index (κ2) is 11.0. The fourth-order valence-electron chi connectivity index (χ4n) is 3.45. The molecule has 0 spiro atoms. The number of amides is 1. The zero-order valence-corrected chi connectivity index (χ0v) is 19.0. The first kappa shape index (κ1) is 24.2. The van der Waals surface area contributed by atoms with Gasteiger partial charge in [0.25, 0.3) is 15.9 Å². The summed E-state index contributed by atoms with van der Waals surface area (Å²) in [7, 11) is -3.81. The Balaban J connectivity index is 1.53. The Hall–Kier alpha value is -3.40. The number of benzene rings is 2. The summed E-state index contributed by atoms with van der Waals surface area (Å²) in [6, 6.07) is 13.7. The fourth-order valence-corrected chi connectivity index (χ4v) is 4.52. The molecule has 1 aliphatic heterocycles. The summed E-state index contributed by atoms with van der Waals surface area (Å²) in [5.41, 5.74) is 0.303. The van der Waals surface area contributed by atoms with Crippen molar-refractivity contribution < 1.29 is 32.3 Å². The molecule has 0 unspecified atom stereocenters. The maximum Gasteiger partial charge on any atom is 0.338 e. The number of anilines is 1. The van der Waals surface area contributed by atoms with E-state index in [9.17, 15) is 22.8 Å². The smallest absolute Gasteiger partial charge is 0.338 e. The van der Waals surface area contributed by atoms with Gasteiger partial charge in [-0.15, -0.1) is 0 Å². The van der Waals surface area contributed by atoms with Gasteiger partial charge in [0.1, 0.15) is 0 Å². The first-order chi connectivity index (χ1) is 15.8. The van der Waals surface area contributed by atoms with Crippen LogP contribution in [0.4, 0.5) is 5.69 Å². The number of hydrogen-bond donors (Lipinski definition) is 1. The lowest BCUT2D eigenvalue weighted by Crippen LogP contribution is -2.42. The normalized spacial score (nSPS) is 14.4. The van der Waals surface area contributed by atoms with Gasteiger partial charge in [0.15, 0.2) is 6.61 Å². The quantitative estimate of drug-likeness (QED) is 0.584. The molecule has 0 aromatic heterocycles. The Kier molecular flexibility index (Phi) is 8.05. The minimum absolute atomic E-state index is 0.0929. The van der Waals surface area contributed by atoms with Gasteiger partial charge < -0.3 is 14.4 Å². The molecule has 0 aliphatic carbocycles. The number of esters is 2. The van der Waals surface area contributed by atoms with E-state index in [1.54, 1.807) is 30.0 Å². The highest BCUT2D eigenvalue weighted by Gasteiger charge is 2.28. The van der Waals surface area contributed by atoms with E-state index in [0.717, 1.165) is 0 Å². The average Bonchev–Trinajstić information content (AvgIpc) is 2.83. The molecule has 1 aliphatic rings. The molecule has 176 valence electrons. The predicted octanol–water partition coefficient (Wildman–Crippen LogP) is 2.45. The van der Waals surface area contributed by atoms with Gasteiger partial charge in [0.2, 0.25) is 0 Å². The topological polar surface area (TPSA) is 119 Å². The van der Waals surface area contributed by atoms with Crippen molar-refractivity contribution in [1.82, 2.24) is 4.90 Å². The van der Waals surface area contributed by atoms with Gasteiger partial charge in [0, 0.05) is 18.8 Å². The average molecular weight is 475 g/mol. The van der Waals surface area contributed by atoms with Crippen LogP contribution in [-0.4, -0.2) is 57.5 Å². The number of nitrogens with zero attached hydrogens (tertiary/aromatic N) is 1. The minimum Gasteiger partial charge on any atom is -0.466 e. The monoisotopic (exact) mass is 474 g/mol. The van der Waals surface area contributed by atoms with Crippen molar-refractivity contribution in [3.05, 3.63) is 60.2 Å². The van der Waals surface area contributed by atoms with E-state index in [4.69, 9.17) is 9.47 Å². The molecular formula is C23H26N2O7S. The number of carbonyl (C=O) groups excluding carboxylic acids is 3. The van der Waals surface area contributed by atoms with Crippen LogP contribution in [0.5, 0.6) is 0 Å². The second-order valence-electron chi connectivity index (χ2n) is 7.48. The molecule has 10 heteroatoms. The lowest BCUT2D eigenvalue weighted by molar-refractivity contribution is -0.151. The maximum absolute atomic E-state index is 12.5. The molecular weight excluding hydrogens is 448 g/mol. The van der Waals surface area contributed by atoms with Crippen LogP contribution in [0.15, 0.2) is 59.5 Å². The van der Waals surface area contributed by atoms with Crippen LogP contribution in [-0.2, 0) is 29.1 Å². The van der Waals surface area contributed by atoms with Gasteiger partial charge in [-0.3, -0.25) is 14.3 Å². The summed E-state index contributed by atoms with van der Waals surface area (Å²) in [5.74, 6) is -1.57. The Morgan fingerprint density at radius 2 is 1.70 bits per heavy atom. The molecule has 1 heterocycles. The molecule has 33 heavy (non-hydrogen) atoms. The number of sulfonamides is 1. The number of carbonyl (C=O) groups is 3. The minimum atomic E-state index is -3.81. The van der Waals surface area contributed by atoms with Gasteiger partial charge in [-0.1, -0.05) is 24.3 Å². The summed E-state index contributed by atoms with van der Waals surface area (Å²) >= 11 is 0. The van der Waals surface area contributed by atoms with Crippen LogP contribution in [0.2, 0.25) is 0 Å². The Labute approximate surface area is 192 Å². The molecule has 0 radical (unpaired) electrons. The summed E-state index contributed by atoms with van der Waals surface area (Å²) in [6.07, 6.45) is 1.00. The van der Waals surface area contributed by atoms with Crippen molar-refractivity contribution in [3.63, 3.8) is 0 Å². The van der Waals surface area contributed by atoms with E-state index in [2.05, 4.69) is 4.72 Å². The van der Waals surface area contributed by atoms with Crippen molar-refractivity contribution in [3.8, 4) is 0 Å². The first-order valence-corrected chi connectivity index (χ1v) is 12.1. The molecule has 3 rings (SSSR count). The lowest BCUT2D eigenvalue weighted by Gasteiger charge is -2.30. The Morgan fingerprint density at radius 3 is 2.36 bits per heavy atom. The van der Waals surface area contributed by atoms with Gasteiger partial charge >= 0.3 is 11.9 Å². The number of hydrogen-bond acceptors (Lipinski definition) is 7. The van der Waals surface area contributed by atoms with Crippen molar-refractivity contribution >= 4 is 33.6 Å². The largest absolute Gasteiger partial charge is 0.466 e. The lowest BCUT2D eigenvalue weighted by atomic mass is 9.97. The van der Waals surface area contributed by atoms with E-state index in [-0.39, 0.29) is 33.9 Å².